The number of aliphatic hydroxyl groups is 1. The summed E-state index contributed by atoms with van der Waals surface area (Å²) in [4.78, 5) is 0. The molecule has 0 fully saturated rings. The summed E-state index contributed by atoms with van der Waals surface area (Å²) in [7, 11) is 0. The zero-order valence-electron chi connectivity index (χ0n) is 19.6. The Kier molecular flexibility index (Phi) is 23.8. The highest BCUT2D eigenvalue weighted by Gasteiger charge is 2.17. The molecule has 0 radical (unpaired) electrons. The first-order valence-electron chi connectivity index (χ1n) is 13.0. The van der Waals surface area contributed by atoms with Crippen LogP contribution in [0.25, 0.3) is 0 Å². The fraction of sp³-hybridized carbons (Fsp3) is 1.00. The lowest BCUT2D eigenvalue weighted by atomic mass is 9.90. The molecule has 28 heavy (non-hydrogen) atoms. The van der Waals surface area contributed by atoms with Crippen LogP contribution in [0.2, 0.25) is 0 Å². The molecule has 0 aromatic carbocycles. The van der Waals surface area contributed by atoms with Gasteiger partial charge in [-0.1, -0.05) is 136 Å². The predicted molar refractivity (Wildman–Crippen MR) is 132 cm³/mol. The highest BCUT2D eigenvalue weighted by molar-refractivity contribution is 7.80. The summed E-state index contributed by atoms with van der Waals surface area (Å²) < 4.78 is 0. The van der Waals surface area contributed by atoms with Gasteiger partial charge in [0, 0.05) is 5.75 Å². The average molecular weight is 415 g/mol. The Morgan fingerprint density at radius 2 is 0.786 bits per heavy atom. The Hall–Kier alpha value is 0.310. The van der Waals surface area contributed by atoms with Crippen LogP contribution < -0.4 is 0 Å². The van der Waals surface area contributed by atoms with E-state index in [0.717, 1.165) is 0 Å². The van der Waals surface area contributed by atoms with Crippen LogP contribution in [0.4, 0.5) is 0 Å². The maximum absolute atomic E-state index is 10.3. The minimum atomic E-state index is -0.198. The molecule has 0 spiro atoms. The van der Waals surface area contributed by atoms with Crippen molar-refractivity contribution in [2.45, 2.75) is 155 Å². The zero-order chi connectivity index (χ0) is 20.7. The van der Waals surface area contributed by atoms with E-state index in [9.17, 15) is 5.11 Å². The molecule has 0 rings (SSSR count). The van der Waals surface area contributed by atoms with Gasteiger partial charge in [-0.25, -0.2) is 0 Å². The lowest BCUT2D eigenvalue weighted by Crippen LogP contribution is -2.22. The normalized spacial score (nSPS) is 13.7. The molecule has 0 aliphatic heterocycles. The summed E-state index contributed by atoms with van der Waals surface area (Å²) in [6, 6.07) is 0. The fourth-order valence-corrected chi connectivity index (χ4v) is 4.59. The van der Waals surface area contributed by atoms with Gasteiger partial charge in [0.2, 0.25) is 0 Å². The second kappa shape index (κ2) is 23.6. The highest BCUT2D eigenvalue weighted by atomic mass is 32.1. The summed E-state index contributed by atoms with van der Waals surface area (Å²) >= 11 is 4.35. The van der Waals surface area contributed by atoms with Gasteiger partial charge in [0.1, 0.15) is 0 Å². The molecule has 0 aromatic rings. The second-order valence-corrected chi connectivity index (χ2v) is 9.46. The van der Waals surface area contributed by atoms with Crippen LogP contribution in [0.3, 0.4) is 0 Å². The van der Waals surface area contributed by atoms with E-state index in [1.807, 2.05) is 0 Å². The van der Waals surface area contributed by atoms with Crippen molar-refractivity contribution in [1.29, 1.82) is 0 Å². The summed E-state index contributed by atoms with van der Waals surface area (Å²) in [6.07, 6.45) is 28.6. The van der Waals surface area contributed by atoms with Gasteiger partial charge >= 0.3 is 0 Å². The molecule has 0 saturated carbocycles. The Balaban J connectivity index is 3.58. The monoisotopic (exact) mass is 414 g/mol. The quantitative estimate of drug-likeness (QED) is 0.126. The summed E-state index contributed by atoms with van der Waals surface area (Å²) in [5, 5.41) is 10.3. The minimum Gasteiger partial charge on any atom is -0.392 e. The third-order valence-corrected chi connectivity index (χ3v) is 6.71. The number of thiol groups is 1. The molecule has 0 saturated heterocycles. The van der Waals surface area contributed by atoms with E-state index in [0.29, 0.717) is 11.7 Å². The van der Waals surface area contributed by atoms with Crippen molar-refractivity contribution in [3.8, 4) is 0 Å². The molecule has 2 atom stereocenters. The molecule has 0 aromatic heterocycles. The Bertz CT molecular complexity index is 282. The van der Waals surface area contributed by atoms with Crippen molar-refractivity contribution in [2.75, 3.05) is 5.75 Å². The van der Waals surface area contributed by atoms with Gasteiger partial charge in [0.05, 0.1) is 6.10 Å². The molecule has 2 unspecified atom stereocenters. The van der Waals surface area contributed by atoms with Crippen LogP contribution in [-0.2, 0) is 0 Å². The van der Waals surface area contributed by atoms with Crippen LogP contribution >= 0.6 is 12.6 Å². The molecule has 0 aliphatic rings. The van der Waals surface area contributed by atoms with E-state index < -0.39 is 0 Å². The van der Waals surface area contributed by atoms with E-state index in [4.69, 9.17) is 0 Å². The van der Waals surface area contributed by atoms with Crippen molar-refractivity contribution in [3.63, 3.8) is 0 Å². The number of rotatable bonds is 23. The average Bonchev–Trinajstić information content (AvgIpc) is 2.71. The summed E-state index contributed by atoms with van der Waals surface area (Å²) in [6.45, 7) is 4.57. The van der Waals surface area contributed by atoms with Crippen LogP contribution in [0.1, 0.15) is 149 Å². The molecule has 2 heteroatoms. The van der Waals surface area contributed by atoms with Crippen molar-refractivity contribution in [2.24, 2.45) is 5.92 Å². The van der Waals surface area contributed by atoms with Gasteiger partial charge in [0.25, 0.3) is 0 Å². The third-order valence-electron chi connectivity index (χ3n) is 6.34. The van der Waals surface area contributed by atoms with Crippen LogP contribution in [0, 0.1) is 5.92 Å². The van der Waals surface area contributed by atoms with Crippen LogP contribution in [-0.4, -0.2) is 17.0 Å². The molecule has 0 amide bonds. The van der Waals surface area contributed by atoms with Gasteiger partial charge in [-0.15, -0.1) is 0 Å². The van der Waals surface area contributed by atoms with Crippen molar-refractivity contribution in [3.05, 3.63) is 0 Å². The van der Waals surface area contributed by atoms with Gasteiger partial charge in [-0.3, -0.25) is 0 Å². The highest BCUT2D eigenvalue weighted by Crippen LogP contribution is 2.23. The van der Waals surface area contributed by atoms with Crippen LogP contribution in [0.5, 0.6) is 0 Å². The first-order valence-corrected chi connectivity index (χ1v) is 13.7. The first-order chi connectivity index (χ1) is 13.8. The molecular weight excluding hydrogens is 360 g/mol. The maximum Gasteiger partial charge on any atom is 0.0656 e. The third kappa shape index (κ3) is 19.6. The van der Waals surface area contributed by atoms with Crippen molar-refractivity contribution in [1.82, 2.24) is 0 Å². The van der Waals surface area contributed by atoms with Crippen molar-refractivity contribution >= 4 is 12.6 Å². The van der Waals surface area contributed by atoms with Gasteiger partial charge in [-0.05, 0) is 18.8 Å². The topological polar surface area (TPSA) is 20.2 Å². The molecule has 0 heterocycles. The number of unbranched alkanes of at least 4 members (excludes halogenated alkanes) is 17. The van der Waals surface area contributed by atoms with E-state index in [1.165, 1.54) is 135 Å². The largest absolute Gasteiger partial charge is 0.392 e. The zero-order valence-corrected chi connectivity index (χ0v) is 20.5. The fourth-order valence-electron chi connectivity index (χ4n) is 4.29. The number of aliphatic hydroxyl groups excluding tert-OH is 1. The standard InChI is InChI=1S/C26H54OS/c1-3-5-7-9-11-13-15-17-19-21-23-25(26(27)24-28)22-20-18-16-14-12-10-8-6-4-2/h25-28H,3-24H2,1-2H3. The maximum atomic E-state index is 10.3. The van der Waals surface area contributed by atoms with Crippen LogP contribution in [0.15, 0.2) is 0 Å². The Morgan fingerprint density at radius 3 is 1.07 bits per heavy atom. The second-order valence-electron chi connectivity index (χ2n) is 9.10. The molecule has 0 aliphatic carbocycles. The van der Waals surface area contributed by atoms with Gasteiger partial charge in [-0.2, -0.15) is 12.6 Å². The van der Waals surface area contributed by atoms with Crippen molar-refractivity contribution < 1.29 is 5.11 Å². The lowest BCUT2D eigenvalue weighted by molar-refractivity contribution is 0.115. The SMILES string of the molecule is CCCCCCCCCCCCC(CCCCCCCCCCC)C(O)CS. The summed E-state index contributed by atoms with van der Waals surface area (Å²) in [5.74, 6) is 1.11. The first kappa shape index (κ1) is 28.3. The van der Waals surface area contributed by atoms with Gasteiger partial charge < -0.3 is 5.11 Å². The molecule has 170 valence electrons. The predicted octanol–water partition coefficient (Wildman–Crippen LogP) is 9.13. The van der Waals surface area contributed by atoms with E-state index >= 15 is 0 Å². The molecular formula is C26H54OS. The van der Waals surface area contributed by atoms with E-state index in [1.54, 1.807) is 0 Å². The minimum absolute atomic E-state index is 0.198. The lowest BCUT2D eigenvalue weighted by Gasteiger charge is -2.21. The summed E-state index contributed by atoms with van der Waals surface area (Å²) in [5.41, 5.74) is 0. The molecule has 1 N–H and O–H groups in total. The molecule has 1 nitrogen and oxygen atoms in total. The number of hydrogen-bond acceptors (Lipinski definition) is 2. The van der Waals surface area contributed by atoms with Gasteiger partial charge in [0.15, 0.2) is 0 Å². The smallest absolute Gasteiger partial charge is 0.0656 e. The molecule has 0 bridgehead atoms. The Labute approximate surface area is 184 Å². The van der Waals surface area contributed by atoms with E-state index in [2.05, 4.69) is 26.5 Å². The van der Waals surface area contributed by atoms with E-state index in [-0.39, 0.29) is 6.10 Å². The number of hydrogen-bond donors (Lipinski definition) is 2. The Morgan fingerprint density at radius 1 is 0.500 bits per heavy atom.